The monoisotopic (exact) mass is 323 g/mol. The van der Waals surface area contributed by atoms with E-state index in [1.807, 2.05) is 18.2 Å². The van der Waals surface area contributed by atoms with E-state index in [-0.39, 0.29) is 24.1 Å². The van der Waals surface area contributed by atoms with Gasteiger partial charge >= 0.3 is 0 Å². The molecular weight excluding hydrogens is 305 g/mol. The first kappa shape index (κ1) is 16.2. The van der Waals surface area contributed by atoms with Gasteiger partial charge in [0.25, 0.3) is 0 Å². The molecule has 1 heterocycles. The molecule has 0 radical (unpaired) electrons. The molecule has 0 fully saturated rings. The first-order valence-electron chi connectivity index (χ1n) is 6.90. The summed E-state index contributed by atoms with van der Waals surface area (Å²) in [5.41, 5.74) is 3.72. The predicted molar refractivity (Wildman–Crippen MR) is 89.9 cm³/mol. The lowest BCUT2D eigenvalue weighted by molar-refractivity contribution is 0.338. The number of hydrogen-bond donors (Lipinski definition) is 1. The Kier molecular flexibility index (Phi) is 5.15. The normalized spacial score (nSPS) is 18.5. The van der Waals surface area contributed by atoms with Gasteiger partial charge in [-0.3, -0.25) is 0 Å². The van der Waals surface area contributed by atoms with Crippen molar-refractivity contribution < 1.29 is 5.11 Å². The lowest BCUT2D eigenvalue weighted by Gasteiger charge is -2.22. The van der Waals surface area contributed by atoms with E-state index in [9.17, 15) is 5.11 Å². The number of phenols is 1. The van der Waals surface area contributed by atoms with Crippen molar-refractivity contribution in [2.75, 3.05) is 20.1 Å². The smallest absolute Gasteiger partial charge is 0.134 e. The molecule has 1 unspecified atom stereocenters. The molecule has 3 rings (SSSR count). The van der Waals surface area contributed by atoms with Crippen molar-refractivity contribution in [3.63, 3.8) is 0 Å². The van der Waals surface area contributed by atoms with Gasteiger partial charge in [-0.05, 0) is 42.3 Å². The van der Waals surface area contributed by atoms with Gasteiger partial charge in [0.2, 0.25) is 0 Å². The second kappa shape index (κ2) is 6.69. The lowest BCUT2D eigenvalue weighted by Crippen LogP contribution is -2.24. The quantitative estimate of drug-likeness (QED) is 0.854. The molecule has 21 heavy (non-hydrogen) atoms. The number of benzene rings is 2. The minimum atomic E-state index is 0. The van der Waals surface area contributed by atoms with Crippen LogP contribution in [0.5, 0.6) is 5.75 Å². The lowest BCUT2D eigenvalue weighted by atomic mass is 9.88. The van der Waals surface area contributed by atoms with E-state index in [0.717, 1.165) is 19.5 Å². The third-order valence-electron chi connectivity index (χ3n) is 4.04. The van der Waals surface area contributed by atoms with Crippen LogP contribution in [0, 0.1) is 0 Å². The topological polar surface area (TPSA) is 23.5 Å². The Morgan fingerprint density at radius 3 is 2.62 bits per heavy atom. The summed E-state index contributed by atoms with van der Waals surface area (Å²) in [6.07, 6.45) is 0.967. The summed E-state index contributed by atoms with van der Waals surface area (Å²) in [5.74, 6) is 0.456. The molecule has 0 saturated heterocycles. The van der Waals surface area contributed by atoms with Gasteiger partial charge in [0.15, 0.2) is 0 Å². The summed E-state index contributed by atoms with van der Waals surface area (Å²) < 4.78 is 0. The molecule has 2 aromatic carbocycles. The summed E-state index contributed by atoms with van der Waals surface area (Å²) in [6, 6.07) is 14.2. The van der Waals surface area contributed by atoms with Gasteiger partial charge in [-0.15, -0.1) is 12.4 Å². The van der Waals surface area contributed by atoms with Crippen molar-refractivity contribution in [3.05, 3.63) is 64.2 Å². The van der Waals surface area contributed by atoms with Crippen LogP contribution in [-0.4, -0.2) is 30.1 Å². The molecule has 0 aliphatic carbocycles. The van der Waals surface area contributed by atoms with Crippen LogP contribution in [0.4, 0.5) is 0 Å². The van der Waals surface area contributed by atoms with Crippen molar-refractivity contribution in [2.24, 2.45) is 0 Å². The van der Waals surface area contributed by atoms with Crippen LogP contribution in [0.2, 0.25) is 5.02 Å². The van der Waals surface area contributed by atoms with Crippen LogP contribution in [0.25, 0.3) is 0 Å². The summed E-state index contributed by atoms with van der Waals surface area (Å²) in [5, 5.41) is 10.4. The van der Waals surface area contributed by atoms with Crippen molar-refractivity contribution in [1.82, 2.24) is 4.90 Å². The minimum Gasteiger partial charge on any atom is -0.506 e. The Morgan fingerprint density at radius 1 is 1.19 bits per heavy atom. The highest BCUT2D eigenvalue weighted by molar-refractivity contribution is 6.32. The summed E-state index contributed by atoms with van der Waals surface area (Å²) in [6.45, 7) is 1.97. The molecule has 0 amide bonds. The van der Waals surface area contributed by atoms with Gasteiger partial charge in [0.05, 0.1) is 5.02 Å². The molecule has 1 aliphatic rings. The van der Waals surface area contributed by atoms with E-state index >= 15 is 0 Å². The Morgan fingerprint density at radius 2 is 1.90 bits per heavy atom. The van der Waals surface area contributed by atoms with E-state index in [1.54, 1.807) is 0 Å². The Labute approximate surface area is 136 Å². The van der Waals surface area contributed by atoms with Crippen molar-refractivity contribution >= 4 is 24.0 Å². The Hall–Kier alpha value is -1.22. The average Bonchev–Trinajstić information content (AvgIpc) is 2.61. The standard InChI is InChI=1S/C17H18ClNO.ClH/c1-19-8-7-13-9-16(18)17(20)10-14(13)15(11-19)12-5-3-2-4-6-12;/h2-6,9-10,15,20H,7-8,11H2,1H3;1H. The van der Waals surface area contributed by atoms with E-state index < -0.39 is 0 Å². The van der Waals surface area contributed by atoms with Crippen LogP contribution >= 0.6 is 24.0 Å². The maximum Gasteiger partial charge on any atom is 0.134 e. The average molecular weight is 324 g/mol. The molecule has 0 spiro atoms. The zero-order chi connectivity index (χ0) is 14.1. The third kappa shape index (κ3) is 3.34. The summed E-state index contributed by atoms with van der Waals surface area (Å²) in [7, 11) is 2.14. The van der Waals surface area contributed by atoms with Gasteiger partial charge < -0.3 is 10.0 Å². The molecule has 4 heteroatoms. The highest BCUT2D eigenvalue weighted by atomic mass is 35.5. The van der Waals surface area contributed by atoms with Crippen LogP contribution in [0.15, 0.2) is 42.5 Å². The van der Waals surface area contributed by atoms with Crippen LogP contribution in [0.3, 0.4) is 0 Å². The Balaban J connectivity index is 0.00000161. The van der Waals surface area contributed by atoms with Gasteiger partial charge in [-0.2, -0.15) is 0 Å². The number of likely N-dealkylation sites (N-methyl/N-ethyl adjacent to an activating group) is 1. The molecule has 0 saturated carbocycles. The number of aromatic hydroxyl groups is 1. The van der Waals surface area contributed by atoms with Crippen LogP contribution in [0.1, 0.15) is 22.6 Å². The first-order chi connectivity index (χ1) is 9.65. The van der Waals surface area contributed by atoms with Crippen molar-refractivity contribution in [1.29, 1.82) is 0 Å². The van der Waals surface area contributed by atoms with Crippen LogP contribution in [-0.2, 0) is 6.42 Å². The predicted octanol–water partition coefficient (Wildman–Crippen LogP) is 4.09. The number of nitrogens with zero attached hydrogens (tertiary/aromatic N) is 1. The number of hydrogen-bond acceptors (Lipinski definition) is 2. The largest absolute Gasteiger partial charge is 0.506 e. The van der Waals surface area contributed by atoms with Crippen LogP contribution < -0.4 is 0 Å². The SMILES string of the molecule is CN1CCc2cc(Cl)c(O)cc2C(c2ccccc2)C1.Cl. The second-order valence-electron chi connectivity index (χ2n) is 5.48. The van der Waals surface area contributed by atoms with Gasteiger partial charge in [0, 0.05) is 19.0 Å². The third-order valence-corrected chi connectivity index (χ3v) is 4.35. The molecule has 0 aromatic heterocycles. The Bertz CT molecular complexity index is 616. The highest BCUT2D eigenvalue weighted by Gasteiger charge is 2.24. The number of phenolic OH excluding ortho intramolecular Hbond substituents is 1. The molecule has 1 atom stereocenters. The molecule has 1 N–H and O–H groups in total. The fourth-order valence-corrected chi connectivity index (χ4v) is 3.13. The number of rotatable bonds is 1. The number of halogens is 2. The molecule has 2 aromatic rings. The fourth-order valence-electron chi connectivity index (χ4n) is 2.94. The molecule has 112 valence electrons. The highest BCUT2D eigenvalue weighted by Crippen LogP contribution is 2.36. The van der Waals surface area contributed by atoms with E-state index in [1.165, 1.54) is 16.7 Å². The number of fused-ring (bicyclic) bond motifs is 1. The molecule has 1 aliphatic heterocycles. The molecule has 0 bridgehead atoms. The fraction of sp³-hybridized carbons (Fsp3) is 0.294. The second-order valence-corrected chi connectivity index (χ2v) is 5.89. The van der Waals surface area contributed by atoms with E-state index in [0.29, 0.717) is 5.02 Å². The summed E-state index contributed by atoms with van der Waals surface area (Å²) >= 11 is 6.07. The van der Waals surface area contributed by atoms with E-state index in [2.05, 4.69) is 36.2 Å². The zero-order valence-electron chi connectivity index (χ0n) is 11.9. The zero-order valence-corrected chi connectivity index (χ0v) is 13.5. The van der Waals surface area contributed by atoms with E-state index in [4.69, 9.17) is 11.6 Å². The minimum absolute atomic E-state index is 0. The van der Waals surface area contributed by atoms with Crippen molar-refractivity contribution in [3.8, 4) is 5.75 Å². The van der Waals surface area contributed by atoms with Gasteiger partial charge in [0.1, 0.15) is 5.75 Å². The summed E-state index contributed by atoms with van der Waals surface area (Å²) in [4.78, 5) is 2.34. The maximum absolute atomic E-state index is 9.95. The maximum atomic E-state index is 9.95. The van der Waals surface area contributed by atoms with Gasteiger partial charge in [-0.1, -0.05) is 41.9 Å². The van der Waals surface area contributed by atoms with Gasteiger partial charge in [-0.25, -0.2) is 0 Å². The first-order valence-corrected chi connectivity index (χ1v) is 7.27. The molecular formula is C17H19Cl2NO. The van der Waals surface area contributed by atoms with Crippen molar-refractivity contribution in [2.45, 2.75) is 12.3 Å². The molecule has 2 nitrogen and oxygen atoms in total.